The number of Topliss-reactive ketones (excluding diaryl/α,β-unsaturated/α-hetero) is 1. The average Bonchev–Trinajstić information content (AvgIpc) is 3.44. The zero-order valence-electron chi connectivity index (χ0n) is 22.4. The van der Waals surface area contributed by atoms with Gasteiger partial charge in [-0.2, -0.15) is 0 Å². The summed E-state index contributed by atoms with van der Waals surface area (Å²) in [6.07, 6.45) is 3.66. The number of hydrogen-bond donors (Lipinski definition) is 3. The lowest BCUT2D eigenvalue weighted by Crippen LogP contribution is -2.46. The van der Waals surface area contributed by atoms with Crippen LogP contribution in [-0.4, -0.2) is 45.3 Å². The van der Waals surface area contributed by atoms with Crippen molar-refractivity contribution in [2.75, 3.05) is 0 Å². The van der Waals surface area contributed by atoms with Crippen molar-refractivity contribution in [3.63, 3.8) is 0 Å². The van der Waals surface area contributed by atoms with Crippen molar-refractivity contribution in [2.45, 2.75) is 92.1 Å². The molecule has 0 bridgehead atoms. The van der Waals surface area contributed by atoms with Crippen LogP contribution in [-0.2, 0) is 20.9 Å². The molecule has 36 heavy (non-hydrogen) atoms. The lowest BCUT2D eigenvalue weighted by atomic mass is 9.72. The third-order valence-electron chi connectivity index (χ3n) is 8.11. The first-order valence-electron chi connectivity index (χ1n) is 12.9. The van der Waals surface area contributed by atoms with Gasteiger partial charge >= 0.3 is 5.97 Å². The van der Waals surface area contributed by atoms with Crippen LogP contribution in [0.4, 0.5) is 0 Å². The number of rotatable bonds is 3. The number of fused-ring (bicyclic) bond motifs is 1. The summed E-state index contributed by atoms with van der Waals surface area (Å²) in [5.74, 6) is -0.611. The summed E-state index contributed by atoms with van der Waals surface area (Å²) < 4.78 is 5.85. The van der Waals surface area contributed by atoms with E-state index in [9.17, 15) is 19.8 Å². The second kappa shape index (κ2) is 11.7. The first kappa shape index (κ1) is 28.7. The normalized spacial score (nSPS) is 36.0. The number of allylic oxidation sites excluding steroid dienone is 1. The van der Waals surface area contributed by atoms with Crippen LogP contribution in [0.1, 0.15) is 77.9 Å². The number of nitrogens with two attached hydrogens (primary N) is 1. The van der Waals surface area contributed by atoms with Gasteiger partial charge in [-0.1, -0.05) is 39.3 Å². The van der Waals surface area contributed by atoms with E-state index in [4.69, 9.17) is 10.5 Å². The topological polar surface area (TPSA) is 123 Å². The zero-order valence-corrected chi connectivity index (χ0v) is 23.2. The molecular weight excluding hydrogens is 476 g/mol. The quantitative estimate of drug-likeness (QED) is 0.403. The van der Waals surface area contributed by atoms with Crippen molar-refractivity contribution in [3.8, 4) is 0 Å². The minimum Gasteiger partial charge on any atom is -0.457 e. The van der Waals surface area contributed by atoms with Gasteiger partial charge in [0.05, 0.1) is 29.7 Å². The molecular formula is C28H42N2O5S. The van der Waals surface area contributed by atoms with E-state index in [1.165, 1.54) is 16.9 Å². The summed E-state index contributed by atoms with van der Waals surface area (Å²) in [6, 6.07) is 0. The predicted octanol–water partition coefficient (Wildman–Crippen LogP) is 4.27. The lowest BCUT2D eigenvalue weighted by molar-refractivity contribution is -0.154. The predicted molar refractivity (Wildman–Crippen MR) is 142 cm³/mol. The second-order valence-electron chi connectivity index (χ2n) is 11.3. The van der Waals surface area contributed by atoms with Crippen LogP contribution in [0.15, 0.2) is 22.6 Å². The number of nitrogens with zero attached hydrogens (tertiary/aromatic N) is 1. The van der Waals surface area contributed by atoms with Gasteiger partial charge in [0.25, 0.3) is 0 Å². The van der Waals surface area contributed by atoms with E-state index in [1.54, 1.807) is 20.8 Å². The summed E-state index contributed by atoms with van der Waals surface area (Å²) in [5, 5.41) is 24.6. The highest BCUT2D eigenvalue weighted by molar-refractivity contribution is 7.09. The first-order chi connectivity index (χ1) is 16.8. The fourth-order valence-corrected chi connectivity index (χ4v) is 5.96. The number of carbonyl (C=O) groups is 2. The Morgan fingerprint density at radius 3 is 2.61 bits per heavy atom. The van der Waals surface area contributed by atoms with Crippen LogP contribution in [0.3, 0.4) is 0 Å². The molecule has 4 N–H and O–H groups in total. The summed E-state index contributed by atoms with van der Waals surface area (Å²) in [7, 11) is 0. The van der Waals surface area contributed by atoms with Crippen molar-refractivity contribution in [2.24, 2.45) is 34.8 Å². The Morgan fingerprint density at radius 2 is 1.97 bits per heavy atom. The largest absolute Gasteiger partial charge is 0.457 e. The van der Waals surface area contributed by atoms with Crippen molar-refractivity contribution in [1.29, 1.82) is 0 Å². The number of cyclic esters (lactones) is 1. The molecule has 2 unspecified atom stereocenters. The van der Waals surface area contributed by atoms with E-state index in [1.807, 2.05) is 25.3 Å². The molecule has 8 heteroatoms. The number of thiazole rings is 1. The molecule has 1 fully saturated rings. The summed E-state index contributed by atoms with van der Waals surface area (Å²) >= 11 is 1.49. The molecule has 1 aliphatic carbocycles. The van der Waals surface area contributed by atoms with Gasteiger partial charge in [-0.3, -0.25) is 9.59 Å². The number of carbonyl (C=O) groups excluding carboxylic acids is 2. The maximum absolute atomic E-state index is 13.3. The molecule has 0 saturated heterocycles. The zero-order chi connectivity index (χ0) is 26.8. The third-order valence-corrected chi connectivity index (χ3v) is 9.00. The summed E-state index contributed by atoms with van der Waals surface area (Å²) in [6.45, 7) is 11.4. The van der Waals surface area contributed by atoms with Gasteiger partial charge in [-0.25, -0.2) is 4.98 Å². The molecule has 1 saturated carbocycles. The molecule has 7 nitrogen and oxygen atoms in total. The van der Waals surface area contributed by atoms with Gasteiger partial charge in [0.15, 0.2) is 0 Å². The standard InChI is InChI=1S/C28H42N2O5S/c1-15-7-8-22(16(2)10-20-14-36-24(13-29)30-20)35-25(32)12-23(31)28(5,6)27(34)18(4)26(33)17(3)21-11-19(21)9-15/h7,10,14,17-19,21-23,26,31,33H,8-9,11-13,29H2,1-6H3/b15-7-,16-10?/t17-,18+,19?,21?,22+,23-,26+/m0/s1. The van der Waals surface area contributed by atoms with Crippen LogP contribution in [0.2, 0.25) is 0 Å². The molecule has 200 valence electrons. The molecule has 1 aromatic heterocycles. The van der Waals surface area contributed by atoms with Crippen molar-refractivity contribution >= 4 is 29.2 Å². The van der Waals surface area contributed by atoms with E-state index in [0.717, 1.165) is 29.1 Å². The molecule has 2 aliphatic rings. The van der Waals surface area contributed by atoms with Gasteiger partial charge in [0.2, 0.25) is 0 Å². The number of aromatic nitrogens is 1. The number of hydrogen-bond acceptors (Lipinski definition) is 8. The van der Waals surface area contributed by atoms with E-state index in [2.05, 4.69) is 18.0 Å². The van der Waals surface area contributed by atoms with Gasteiger partial charge in [-0.15, -0.1) is 11.3 Å². The number of aliphatic hydroxyl groups is 2. The van der Waals surface area contributed by atoms with Crippen molar-refractivity contribution < 1.29 is 24.5 Å². The Balaban J connectivity index is 1.88. The second-order valence-corrected chi connectivity index (χ2v) is 12.3. The fourth-order valence-electron chi connectivity index (χ4n) is 5.33. The highest BCUT2D eigenvalue weighted by Crippen LogP contribution is 2.50. The number of ketones is 1. The van der Waals surface area contributed by atoms with Crippen LogP contribution >= 0.6 is 11.3 Å². The Hall–Kier alpha value is -1.87. The Morgan fingerprint density at radius 1 is 1.28 bits per heavy atom. The van der Waals surface area contributed by atoms with E-state index in [-0.39, 0.29) is 18.1 Å². The maximum atomic E-state index is 13.3. The molecule has 1 aromatic rings. The Labute approximate surface area is 218 Å². The van der Waals surface area contributed by atoms with E-state index < -0.39 is 35.6 Å². The Kier molecular flexibility index (Phi) is 9.30. The van der Waals surface area contributed by atoms with E-state index >= 15 is 0 Å². The number of ether oxygens (including phenoxy) is 1. The maximum Gasteiger partial charge on any atom is 0.309 e. The SMILES string of the molecule is CC(=Cc1csc(CN)n1)[C@H]1C/C=C(/C)CC2CC2[C@H](C)[C@@H](O)[C@@H](C)C(=O)C(C)(C)[C@@H](O)CC(=O)O1. The van der Waals surface area contributed by atoms with Crippen LogP contribution in [0.5, 0.6) is 0 Å². The minimum absolute atomic E-state index is 0.0120. The molecule has 2 heterocycles. The first-order valence-corrected chi connectivity index (χ1v) is 13.8. The third kappa shape index (κ3) is 6.71. The average molecular weight is 519 g/mol. The van der Waals surface area contributed by atoms with Crippen molar-refractivity contribution in [1.82, 2.24) is 4.98 Å². The van der Waals surface area contributed by atoms with Gasteiger partial charge < -0.3 is 20.7 Å². The van der Waals surface area contributed by atoms with Crippen LogP contribution in [0, 0.1) is 29.1 Å². The van der Waals surface area contributed by atoms with Crippen molar-refractivity contribution in [3.05, 3.63) is 33.3 Å². The molecule has 0 spiro atoms. The molecule has 1 aliphatic heterocycles. The fraction of sp³-hybridized carbons (Fsp3) is 0.679. The molecule has 0 radical (unpaired) electrons. The van der Waals surface area contributed by atoms with Gasteiger partial charge in [0.1, 0.15) is 16.9 Å². The number of esters is 1. The molecule has 0 aromatic carbocycles. The molecule has 7 atom stereocenters. The number of aliphatic hydroxyl groups excluding tert-OH is 2. The highest BCUT2D eigenvalue weighted by Gasteiger charge is 2.47. The van der Waals surface area contributed by atoms with Gasteiger partial charge in [-0.05, 0) is 56.1 Å². The van der Waals surface area contributed by atoms with Crippen LogP contribution in [0.25, 0.3) is 6.08 Å². The smallest absolute Gasteiger partial charge is 0.309 e. The van der Waals surface area contributed by atoms with Gasteiger partial charge in [0, 0.05) is 24.3 Å². The lowest BCUT2D eigenvalue weighted by Gasteiger charge is -2.34. The Bertz CT molecular complexity index is 1010. The molecule has 3 rings (SSSR count). The minimum atomic E-state index is -1.23. The summed E-state index contributed by atoms with van der Waals surface area (Å²) in [5.41, 5.74) is 7.33. The highest BCUT2D eigenvalue weighted by atomic mass is 32.1. The van der Waals surface area contributed by atoms with E-state index in [0.29, 0.717) is 24.8 Å². The van der Waals surface area contributed by atoms with Crippen LogP contribution < -0.4 is 5.73 Å². The summed E-state index contributed by atoms with van der Waals surface area (Å²) in [4.78, 5) is 30.7. The monoisotopic (exact) mass is 518 g/mol. The molecule has 0 amide bonds.